The highest BCUT2D eigenvalue weighted by Gasteiger charge is 2.18. The van der Waals surface area contributed by atoms with Crippen molar-refractivity contribution in [2.75, 3.05) is 12.4 Å². The second-order valence-corrected chi connectivity index (χ2v) is 6.64. The number of benzene rings is 1. The SMILES string of the molecule is COC(=O)c1ccc(NC(=O)c2cccc(C(=O)NC(C)(C)C)n2)cc1. The fourth-order valence-corrected chi connectivity index (χ4v) is 2.09. The molecule has 2 N–H and O–H groups in total. The van der Waals surface area contributed by atoms with Crippen molar-refractivity contribution < 1.29 is 19.1 Å². The first-order chi connectivity index (χ1) is 12.2. The molecule has 0 bridgehead atoms. The Hall–Kier alpha value is -3.22. The van der Waals surface area contributed by atoms with Crippen molar-refractivity contribution in [3.63, 3.8) is 0 Å². The number of esters is 1. The Labute approximate surface area is 151 Å². The number of methoxy groups -OCH3 is 1. The van der Waals surface area contributed by atoms with Gasteiger partial charge in [-0.1, -0.05) is 6.07 Å². The number of carbonyl (C=O) groups excluding carboxylic acids is 3. The minimum atomic E-state index is -0.457. The first-order valence-electron chi connectivity index (χ1n) is 7.99. The molecule has 7 nitrogen and oxygen atoms in total. The molecular weight excluding hydrogens is 334 g/mol. The Morgan fingerprint density at radius 3 is 2.04 bits per heavy atom. The summed E-state index contributed by atoms with van der Waals surface area (Å²) < 4.78 is 4.62. The zero-order valence-electron chi connectivity index (χ0n) is 15.1. The van der Waals surface area contributed by atoms with Crippen molar-refractivity contribution >= 4 is 23.5 Å². The zero-order chi connectivity index (χ0) is 19.3. The lowest BCUT2D eigenvalue weighted by atomic mass is 10.1. The van der Waals surface area contributed by atoms with E-state index in [0.29, 0.717) is 11.3 Å². The van der Waals surface area contributed by atoms with Gasteiger partial charge in [-0.15, -0.1) is 0 Å². The molecular formula is C19H21N3O4. The number of nitrogens with zero attached hydrogens (tertiary/aromatic N) is 1. The van der Waals surface area contributed by atoms with Crippen molar-refractivity contribution in [2.24, 2.45) is 0 Å². The maximum atomic E-state index is 12.4. The molecule has 0 radical (unpaired) electrons. The van der Waals surface area contributed by atoms with Crippen LogP contribution in [0.4, 0.5) is 5.69 Å². The smallest absolute Gasteiger partial charge is 0.337 e. The number of amides is 2. The van der Waals surface area contributed by atoms with E-state index in [0.717, 1.165) is 0 Å². The summed E-state index contributed by atoms with van der Waals surface area (Å²) in [5.74, 6) is -1.27. The second kappa shape index (κ2) is 7.77. The maximum absolute atomic E-state index is 12.4. The van der Waals surface area contributed by atoms with Gasteiger partial charge in [-0.25, -0.2) is 9.78 Å². The van der Waals surface area contributed by atoms with Crippen LogP contribution in [0, 0.1) is 0 Å². The lowest BCUT2D eigenvalue weighted by Crippen LogP contribution is -2.41. The predicted octanol–water partition coefficient (Wildman–Crippen LogP) is 2.65. The van der Waals surface area contributed by atoms with E-state index in [1.165, 1.54) is 13.2 Å². The predicted molar refractivity (Wildman–Crippen MR) is 97.2 cm³/mol. The van der Waals surface area contributed by atoms with Crippen LogP contribution in [-0.2, 0) is 4.74 Å². The van der Waals surface area contributed by atoms with Crippen LogP contribution in [0.3, 0.4) is 0 Å². The van der Waals surface area contributed by atoms with Crippen LogP contribution in [0.25, 0.3) is 0 Å². The van der Waals surface area contributed by atoms with Gasteiger partial charge >= 0.3 is 5.97 Å². The molecule has 0 fully saturated rings. The fourth-order valence-electron chi connectivity index (χ4n) is 2.09. The van der Waals surface area contributed by atoms with Crippen LogP contribution >= 0.6 is 0 Å². The Kier molecular flexibility index (Phi) is 5.71. The van der Waals surface area contributed by atoms with Gasteiger partial charge in [-0.3, -0.25) is 9.59 Å². The first-order valence-corrected chi connectivity index (χ1v) is 7.99. The molecule has 136 valence electrons. The molecule has 1 aromatic carbocycles. The Morgan fingerprint density at radius 1 is 0.923 bits per heavy atom. The van der Waals surface area contributed by atoms with Crippen molar-refractivity contribution in [1.82, 2.24) is 10.3 Å². The number of hydrogen-bond donors (Lipinski definition) is 2. The van der Waals surface area contributed by atoms with Crippen molar-refractivity contribution in [3.8, 4) is 0 Å². The van der Waals surface area contributed by atoms with Crippen molar-refractivity contribution in [1.29, 1.82) is 0 Å². The molecule has 1 aromatic heterocycles. The summed E-state index contributed by atoms with van der Waals surface area (Å²) in [4.78, 5) is 40.1. The molecule has 2 rings (SSSR count). The summed E-state index contributed by atoms with van der Waals surface area (Å²) in [5.41, 5.74) is 0.744. The Bertz CT molecular complexity index is 823. The van der Waals surface area contributed by atoms with Gasteiger partial charge in [0.2, 0.25) is 0 Å². The van der Waals surface area contributed by atoms with E-state index in [4.69, 9.17) is 0 Å². The van der Waals surface area contributed by atoms with Crippen molar-refractivity contribution in [2.45, 2.75) is 26.3 Å². The van der Waals surface area contributed by atoms with Gasteiger partial charge in [0.1, 0.15) is 11.4 Å². The van der Waals surface area contributed by atoms with Gasteiger partial charge in [0, 0.05) is 11.2 Å². The number of aromatic nitrogens is 1. The van der Waals surface area contributed by atoms with E-state index in [-0.39, 0.29) is 17.3 Å². The van der Waals surface area contributed by atoms with Crippen molar-refractivity contribution in [3.05, 3.63) is 59.4 Å². The van der Waals surface area contributed by atoms with Crippen LogP contribution in [0.2, 0.25) is 0 Å². The standard InChI is InChI=1S/C19H21N3O4/c1-19(2,3)22-17(24)15-7-5-6-14(21-15)16(23)20-13-10-8-12(9-11-13)18(25)26-4/h5-11H,1-4H3,(H,20,23)(H,22,24). The molecule has 0 aliphatic heterocycles. The highest BCUT2D eigenvalue weighted by atomic mass is 16.5. The van der Waals surface area contributed by atoms with Crippen LogP contribution in [0.15, 0.2) is 42.5 Å². The Balaban J connectivity index is 2.11. The molecule has 1 heterocycles. The fraction of sp³-hybridized carbons (Fsp3) is 0.263. The third kappa shape index (κ3) is 5.14. The van der Waals surface area contributed by atoms with Gasteiger partial charge in [0.05, 0.1) is 12.7 Å². The van der Waals surface area contributed by atoms with E-state index in [2.05, 4.69) is 20.4 Å². The first kappa shape index (κ1) is 19.1. The summed E-state index contributed by atoms with van der Waals surface area (Å²) in [7, 11) is 1.30. The quantitative estimate of drug-likeness (QED) is 0.822. The van der Waals surface area contributed by atoms with E-state index >= 15 is 0 Å². The molecule has 0 saturated heterocycles. The topological polar surface area (TPSA) is 97.4 Å². The van der Waals surface area contributed by atoms with Crippen LogP contribution in [-0.4, -0.2) is 35.4 Å². The number of carbonyl (C=O) groups is 3. The monoisotopic (exact) mass is 355 g/mol. The third-order valence-electron chi connectivity index (χ3n) is 3.27. The molecule has 0 saturated carbocycles. The minimum absolute atomic E-state index is 0.114. The lowest BCUT2D eigenvalue weighted by Gasteiger charge is -2.20. The van der Waals surface area contributed by atoms with E-state index < -0.39 is 17.4 Å². The summed E-state index contributed by atoms with van der Waals surface area (Å²) in [6.07, 6.45) is 0. The highest BCUT2D eigenvalue weighted by molar-refractivity contribution is 6.04. The maximum Gasteiger partial charge on any atom is 0.337 e. The van der Waals surface area contributed by atoms with E-state index in [9.17, 15) is 14.4 Å². The number of nitrogens with one attached hydrogen (secondary N) is 2. The number of anilines is 1. The number of rotatable bonds is 4. The summed E-state index contributed by atoms with van der Waals surface area (Å²) >= 11 is 0. The van der Waals surface area contributed by atoms with Gasteiger partial charge < -0.3 is 15.4 Å². The zero-order valence-corrected chi connectivity index (χ0v) is 15.1. The summed E-state index contributed by atoms with van der Waals surface area (Å²) in [6, 6.07) is 10.9. The molecule has 26 heavy (non-hydrogen) atoms. The molecule has 0 atom stereocenters. The molecule has 0 unspecified atom stereocenters. The summed E-state index contributed by atoms with van der Waals surface area (Å²) in [6.45, 7) is 5.58. The summed E-state index contributed by atoms with van der Waals surface area (Å²) in [5, 5.41) is 5.47. The average Bonchev–Trinajstić information content (AvgIpc) is 2.60. The molecule has 0 aliphatic rings. The van der Waals surface area contributed by atoms with Crippen LogP contribution < -0.4 is 10.6 Å². The van der Waals surface area contributed by atoms with Gasteiger partial charge in [-0.2, -0.15) is 0 Å². The average molecular weight is 355 g/mol. The Morgan fingerprint density at radius 2 is 1.50 bits per heavy atom. The van der Waals surface area contributed by atoms with Crippen LogP contribution in [0.5, 0.6) is 0 Å². The lowest BCUT2D eigenvalue weighted by molar-refractivity contribution is 0.0600. The molecule has 0 spiro atoms. The highest BCUT2D eigenvalue weighted by Crippen LogP contribution is 2.12. The number of pyridine rings is 1. The second-order valence-electron chi connectivity index (χ2n) is 6.64. The molecule has 0 aliphatic carbocycles. The van der Waals surface area contributed by atoms with Crippen LogP contribution in [0.1, 0.15) is 52.1 Å². The number of hydrogen-bond acceptors (Lipinski definition) is 5. The largest absolute Gasteiger partial charge is 0.465 e. The van der Waals surface area contributed by atoms with E-state index in [1.54, 1.807) is 36.4 Å². The molecule has 2 aromatic rings. The third-order valence-corrected chi connectivity index (χ3v) is 3.27. The van der Waals surface area contributed by atoms with Gasteiger partial charge in [0.25, 0.3) is 11.8 Å². The van der Waals surface area contributed by atoms with E-state index in [1.807, 2.05) is 20.8 Å². The van der Waals surface area contributed by atoms with Gasteiger partial charge in [0.15, 0.2) is 0 Å². The van der Waals surface area contributed by atoms with Gasteiger partial charge in [-0.05, 0) is 57.2 Å². The number of ether oxygens (including phenoxy) is 1. The minimum Gasteiger partial charge on any atom is -0.465 e. The molecule has 7 heteroatoms. The normalized spacial score (nSPS) is 10.8. The molecule has 2 amide bonds.